The Labute approximate surface area is 262 Å². The maximum Gasteiger partial charge on any atom is 0.323 e. The Balaban J connectivity index is 0.000000297. The first-order chi connectivity index (χ1) is 21.2. The molecule has 0 radical (unpaired) electrons. The average Bonchev–Trinajstić information content (AvgIpc) is 3.04. The lowest BCUT2D eigenvalue weighted by Gasteiger charge is -2.38. The van der Waals surface area contributed by atoms with Gasteiger partial charge in [-0.25, -0.2) is 27.2 Å². The molecule has 3 heterocycles. The van der Waals surface area contributed by atoms with Crippen LogP contribution in [0.25, 0.3) is 16.8 Å². The summed E-state index contributed by atoms with van der Waals surface area (Å²) < 4.78 is 53.8. The van der Waals surface area contributed by atoms with E-state index >= 15 is 0 Å². The topological polar surface area (TPSA) is 140 Å². The first kappa shape index (κ1) is 33.8. The van der Waals surface area contributed by atoms with Gasteiger partial charge in [-0.15, -0.1) is 6.54 Å². The van der Waals surface area contributed by atoms with Crippen molar-refractivity contribution in [2.75, 3.05) is 24.5 Å². The molecule has 10 nitrogen and oxygen atoms in total. The lowest BCUT2D eigenvalue weighted by Crippen LogP contribution is -2.58. The van der Waals surface area contributed by atoms with Gasteiger partial charge < -0.3 is 15.7 Å². The number of carbonyl (C=O) groups is 1. The van der Waals surface area contributed by atoms with Crippen LogP contribution in [0.1, 0.15) is 50.8 Å². The van der Waals surface area contributed by atoms with Crippen molar-refractivity contribution in [3.63, 3.8) is 0 Å². The van der Waals surface area contributed by atoms with Gasteiger partial charge in [-0.2, -0.15) is 4.31 Å². The minimum absolute atomic E-state index is 0.0242. The summed E-state index contributed by atoms with van der Waals surface area (Å²) in [6.07, 6.45) is 4.57. The fourth-order valence-corrected chi connectivity index (χ4v) is 6.37. The minimum atomic E-state index is -3.98. The Bertz CT molecular complexity index is 1730. The second kappa shape index (κ2) is 13.5. The first-order valence-corrected chi connectivity index (χ1v) is 15.9. The Morgan fingerprint density at radius 1 is 0.978 bits per heavy atom. The largest absolute Gasteiger partial charge is 0.674 e. The molecule has 0 unspecified atom stereocenters. The van der Waals surface area contributed by atoms with Crippen LogP contribution in [0.4, 0.5) is 14.6 Å². The maximum absolute atomic E-state index is 13.3. The maximum atomic E-state index is 13.3. The number of piperazine rings is 1. The highest BCUT2D eigenvalue weighted by Crippen LogP contribution is 2.31. The summed E-state index contributed by atoms with van der Waals surface area (Å²) in [5.41, 5.74) is 9.97. The van der Waals surface area contributed by atoms with E-state index in [4.69, 9.17) is 5.73 Å². The zero-order valence-corrected chi connectivity index (χ0v) is 26.4. The summed E-state index contributed by atoms with van der Waals surface area (Å²) in [4.78, 5) is 26.7. The van der Waals surface area contributed by atoms with Crippen LogP contribution in [0.5, 0.6) is 0 Å². The molecule has 0 bridgehead atoms. The summed E-state index contributed by atoms with van der Waals surface area (Å²) in [5.74, 6) is -3.44. The predicted octanol–water partition coefficient (Wildman–Crippen LogP) is 6.03. The van der Waals surface area contributed by atoms with Gasteiger partial charge in [0.2, 0.25) is 10.0 Å². The van der Waals surface area contributed by atoms with Gasteiger partial charge >= 0.3 is 5.97 Å². The number of aliphatic carboxylic acids is 1. The van der Waals surface area contributed by atoms with E-state index in [2.05, 4.69) is 15.0 Å². The van der Waals surface area contributed by atoms with Crippen LogP contribution in [0.3, 0.4) is 0 Å². The summed E-state index contributed by atoms with van der Waals surface area (Å²) in [6.45, 7) is 8.02. The van der Waals surface area contributed by atoms with Gasteiger partial charge in [-0.1, -0.05) is 69.7 Å². The van der Waals surface area contributed by atoms with Gasteiger partial charge in [0.05, 0.1) is 22.8 Å². The number of hydrogen-bond acceptors (Lipinski definition) is 7. The quantitative estimate of drug-likeness (QED) is 0.259. The number of anilines is 1. The smallest absolute Gasteiger partial charge is 0.323 e. The van der Waals surface area contributed by atoms with Crippen molar-refractivity contribution in [3.05, 3.63) is 95.6 Å². The standard InChI is InChI=1S/C22H25N5O4S.C10H12F2N/c1-22(2,3)15-4-6-16(7-5-15)32(30,31)27-11-10-26(14-19(27)21(28)29)20-13-24-18-12-23-9-8-17(18)25-20;1-2-10(11,12)9-5-3-8(7-13)4-6-9/h4-9,12-13,19H,10-11,14H2,1-3H3,(H,28,29);3-6,13H,2,7H2,1H3/q;-1/t19-;/m1./s1. The molecule has 1 fully saturated rings. The molecule has 0 amide bonds. The molecule has 0 aliphatic carbocycles. The van der Waals surface area contributed by atoms with E-state index in [9.17, 15) is 27.1 Å². The van der Waals surface area contributed by atoms with Crippen molar-refractivity contribution in [2.24, 2.45) is 0 Å². The second-order valence-corrected chi connectivity index (χ2v) is 13.6. The molecule has 2 aromatic carbocycles. The molecule has 2 aromatic heterocycles. The molecule has 240 valence electrons. The number of benzene rings is 2. The third-order valence-corrected chi connectivity index (χ3v) is 9.55. The van der Waals surface area contributed by atoms with Crippen LogP contribution in [0, 0.1) is 0 Å². The van der Waals surface area contributed by atoms with Crippen molar-refractivity contribution >= 4 is 32.8 Å². The van der Waals surface area contributed by atoms with Crippen molar-refractivity contribution in [2.45, 2.75) is 62.9 Å². The molecule has 1 aliphatic heterocycles. The van der Waals surface area contributed by atoms with E-state index < -0.39 is 28.0 Å². The first-order valence-electron chi connectivity index (χ1n) is 14.5. The molecule has 0 saturated carbocycles. The van der Waals surface area contributed by atoms with Crippen LogP contribution >= 0.6 is 0 Å². The number of hydrogen-bond donors (Lipinski definition) is 1. The van der Waals surface area contributed by atoms with E-state index in [-0.39, 0.29) is 41.9 Å². The number of halogens is 2. The molecule has 45 heavy (non-hydrogen) atoms. The van der Waals surface area contributed by atoms with Crippen molar-refractivity contribution in [1.29, 1.82) is 0 Å². The van der Waals surface area contributed by atoms with Gasteiger partial charge in [-0.3, -0.25) is 9.78 Å². The van der Waals surface area contributed by atoms with E-state index in [1.165, 1.54) is 19.1 Å². The average molecular weight is 640 g/mol. The van der Waals surface area contributed by atoms with Crippen LogP contribution < -0.4 is 4.90 Å². The third-order valence-electron chi connectivity index (χ3n) is 7.62. The Hall–Kier alpha value is -4.07. The lowest BCUT2D eigenvalue weighted by molar-refractivity contribution is -0.141. The summed E-state index contributed by atoms with van der Waals surface area (Å²) in [5, 5.41) is 9.83. The van der Waals surface area contributed by atoms with Crippen LogP contribution in [0.15, 0.2) is 78.1 Å². The number of sulfonamides is 1. The molecule has 0 spiro atoms. The van der Waals surface area contributed by atoms with E-state index in [1.807, 2.05) is 20.8 Å². The number of carboxylic acids is 1. The second-order valence-electron chi connectivity index (χ2n) is 11.7. The van der Waals surface area contributed by atoms with Crippen LogP contribution in [-0.2, 0) is 32.7 Å². The SMILES string of the molecule is CC(C)(C)c1ccc(S(=O)(=O)N2CCN(c3cnc4cnccc4n3)C[C@@H]2C(=O)O)cc1.CCC(F)(F)c1ccc(C[NH-])cc1. The molecule has 5 rings (SSSR count). The van der Waals surface area contributed by atoms with E-state index in [0.717, 1.165) is 15.4 Å². The highest BCUT2D eigenvalue weighted by molar-refractivity contribution is 7.89. The normalized spacial score (nSPS) is 16.2. The van der Waals surface area contributed by atoms with Gasteiger partial charge in [0.15, 0.2) is 0 Å². The number of nitrogens with one attached hydrogen (secondary N) is 1. The fourth-order valence-electron chi connectivity index (χ4n) is 4.80. The minimum Gasteiger partial charge on any atom is -0.674 e. The van der Waals surface area contributed by atoms with Crippen molar-refractivity contribution in [1.82, 2.24) is 19.3 Å². The van der Waals surface area contributed by atoms with Crippen molar-refractivity contribution in [3.8, 4) is 0 Å². The fraction of sp³-hybridized carbons (Fsp3) is 0.375. The number of carboxylic acid groups (broad SMARTS) is 1. The predicted molar refractivity (Wildman–Crippen MR) is 169 cm³/mol. The van der Waals surface area contributed by atoms with Crippen LogP contribution in [-0.4, -0.2) is 64.4 Å². The molecule has 1 saturated heterocycles. The van der Waals surface area contributed by atoms with Gasteiger partial charge in [0.1, 0.15) is 17.4 Å². The number of fused-ring (bicyclic) bond motifs is 1. The number of pyridine rings is 1. The molecule has 4 aromatic rings. The Morgan fingerprint density at radius 3 is 2.20 bits per heavy atom. The number of alkyl halides is 2. The zero-order chi connectivity index (χ0) is 33.0. The summed E-state index contributed by atoms with van der Waals surface area (Å²) in [6, 6.07) is 13.1. The van der Waals surface area contributed by atoms with Crippen molar-refractivity contribution < 1.29 is 27.1 Å². The molecule has 13 heteroatoms. The number of rotatable bonds is 7. The highest BCUT2D eigenvalue weighted by Gasteiger charge is 2.40. The molecular weight excluding hydrogens is 602 g/mol. The van der Waals surface area contributed by atoms with Gasteiger partial charge in [0.25, 0.3) is 5.92 Å². The zero-order valence-electron chi connectivity index (χ0n) is 25.6. The molecule has 1 aliphatic rings. The molecular formula is C32H37F2N6O4S-. The lowest BCUT2D eigenvalue weighted by atomic mass is 9.87. The van der Waals surface area contributed by atoms with Crippen LogP contribution in [0.2, 0.25) is 0 Å². The van der Waals surface area contributed by atoms with Gasteiger partial charge in [-0.05, 0) is 29.2 Å². The third kappa shape index (κ3) is 7.78. The molecule has 2 N–H and O–H groups in total. The molecule has 1 atom stereocenters. The van der Waals surface area contributed by atoms with E-state index in [1.54, 1.807) is 66.0 Å². The Kier molecular flexibility index (Phi) is 10.2. The number of aromatic nitrogens is 3. The Morgan fingerprint density at radius 2 is 1.62 bits per heavy atom. The number of nitrogens with zero attached hydrogens (tertiary/aromatic N) is 5. The summed E-state index contributed by atoms with van der Waals surface area (Å²) >= 11 is 0. The highest BCUT2D eigenvalue weighted by atomic mass is 32.2. The van der Waals surface area contributed by atoms with Gasteiger partial charge in [0, 0.05) is 37.8 Å². The summed E-state index contributed by atoms with van der Waals surface area (Å²) in [7, 11) is -3.98. The monoisotopic (exact) mass is 639 g/mol. The van der Waals surface area contributed by atoms with E-state index in [0.29, 0.717) is 23.4 Å².